The Morgan fingerprint density at radius 2 is 1.96 bits per heavy atom. The van der Waals surface area contributed by atoms with E-state index in [0.717, 1.165) is 6.08 Å². The lowest BCUT2D eigenvalue weighted by Gasteiger charge is -2.06. The highest BCUT2D eigenvalue weighted by atomic mass is 19.3. The van der Waals surface area contributed by atoms with Gasteiger partial charge in [0.15, 0.2) is 0 Å². The molecule has 0 fully saturated rings. The molecule has 1 aromatic heterocycles. The van der Waals surface area contributed by atoms with Crippen LogP contribution in [0, 0.1) is 10.1 Å². The van der Waals surface area contributed by atoms with Gasteiger partial charge in [0.1, 0.15) is 16.4 Å². The number of alkyl halides is 2. The van der Waals surface area contributed by atoms with E-state index in [1.807, 2.05) is 0 Å². The number of amides is 1. The zero-order chi connectivity index (χ0) is 16.8. The SMILES string of the molecule is O=C(/C=C/c1ccc([N+](=O)[O-])o1)Nc1ccc(OC(F)F)cc1. The van der Waals surface area contributed by atoms with Crippen molar-refractivity contribution < 1.29 is 27.7 Å². The lowest BCUT2D eigenvalue weighted by Crippen LogP contribution is -2.07. The Balaban J connectivity index is 1.93. The third-order valence-electron chi connectivity index (χ3n) is 2.54. The first kappa shape index (κ1) is 16.1. The highest BCUT2D eigenvalue weighted by Crippen LogP contribution is 2.18. The molecule has 0 bridgehead atoms. The van der Waals surface area contributed by atoms with Crippen molar-refractivity contribution in [2.24, 2.45) is 0 Å². The number of halogens is 2. The maximum Gasteiger partial charge on any atom is 0.433 e. The van der Waals surface area contributed by atoms with Crippen molar-refractivity contribution in [1.82, 2.24) is 0 Å². The Kier molecular flexibility index (Phi) is 5.03. The second-order valence-electron chi connectivity index (χ2n) is 4.16. The highest BCUT2D eigenvalue weighted by Gasteiger charge is 2.10. The predicted molar refractivity (Wildman–Crippen MR) is 76.1 cm³/mol. The van der Waals surface area contributed by atoms with Crippen molar-refractivity contribution in [2.45, 2.75) is 6.61 Å². The minimum atomic E-state index is -2.92. The molecule has 120 valence electrons. The highest BCUT2D eigenvalue weighted by molar-refractivity contribution is 6.01. The number of benzene rings is 1. The molecule has 7 nitrogen and oxygen atoms in total. The summed E-state index contributed by atoms with van der Waals surface area (Å²) >= 11 is 0. The van der Waals surface area contributed by atoms with Crippen LogP contribution in [0.15, 0.2) is 46.9 Å². The molecule has 0 saturated heterocycles. The zero-order valence-corrected chi connectivity index (χ0v) is 11.4. The topological polar surface area (TPSA) is 94.6 Å². The van der Waals surface area contributed by atoms with Crippen LogP contribution >= 0.6 is 0 Å². The number of ether oxygens (including phenoxy) is 1. The Hall–Kier alpha value is -3.23. The molecule has 0 atom stereocenters. The largest absolute Gasteiger partial charge is 0.435 e. The molecule has 1 amide bonds. The molecule has 1 N–H and O–H groups in total. The predicted octanol–water partition coefficient (Wildman–Crippen LogP) is 3.44. The maximum absolute atomic E-state index is 12.0. The van der Waals surface area contributed by atoms with E-state index in [4.69, 9.17) is 4.42 Å². The molecule has 2 aromatic rings. The van der Waals surface area contributed by atoms with Crippen LogP contribution in [0.1, 0.15) is 5.76 Å². The van der Waals surface area contributed by atoms with Crippen molar-refractivity contribution >= 4 is 23.6 Å². The molecule has 1 aromatic carbocycles. The summed E-state index contributed by atoms with van der Waals surface area (Å²) in [7, 11) is 0. The van der Waals surface area contributed by atoms with E-state index in [2.05, 4.69) is 10.1 Å². The standard InChI is InChI=1S/C14H10F2N2O5/c15-14(16)23-11-3-1-9(2-4-11)17-12(19)7-5-10-6-8-13(22-10)18(20)21/h1-8,14H,(H,17,19)/b7-5+. The summed E-state index contributed by atoms with van der Waals surface area (Å²) in [6, 6.07) is 7.85. The number of nitrogens with zero attached hydrogens (tertiary/aromatic N) is 1. The smallest absolute Gasteiger partial charge is 0.433 e. The van der Waals surface area contributed by atoms with Gasteiger partial charge in [0.05, 0.1) is 6.07 Å². The molecule has 0 aliphatic carbocycles. The van der Waals surface area contributed by atoms with Gasteiger partial charge in [-0.3, -0.25) is 14.9 Å². The van der Waals surface area contributed by atoms with Gasteiger partial charge in [-0.25, -0.2) is 0 Å². The molecule has 0 saturated carbocycles. The maximum atomic E-state index is 12.0. The van der Waals surface area contributed by atoms with Gasteiger partial charge in [-0.2, -0.15) is 8.78 Å². The lowest BCUT2D eigenvalue weighted by atomic mass is 10.3. The Morgan fingerprint density at radius 1 is 1.26 bits per heavy atom. The van der Waals surface area contributed by atoms with Gasteiger partial charge >= 0.3 is 12.5 Å². The molecule has 0 aliphatic heterocycles. The normalized spacial score (nSPS) is 10.9. The van der Waals surface area contributed by atoms with Crippen LogP contribution in [0.25, 0.3) is 6.08 Å². The van der Waals surface area contributed by atoms with Crippen LogP contribution in [-0.4, -0.2) is 17.4 Å². The van der Waals surface area contributed by atoms with Crippen molar-refractivity contribution in [2.75, 3.05) is 5.32 Å². The van der Waals surface area contributed by atoms with E-state index in [1.54, 1.807) is 0 Å². The van der Waals surface area contributed by atoms with E-state index < -0.39 is 23.3 Å². The summed E-state index contributed by atoms with van der Waals surface area (Å²) in [6.45, 7) is -2.92. The third kappa shape index (κ3) is 4.92. The number of furan rings is 1. The first-order valence-corrected chi connectivity index (χ1v) is 6.22. The van der Waals surface area contributed by atoms with Crippen LogP contribution in [-0.2, 0) is 4.79 Å². The Labute approximate surface area is 128 Å². The number of anilines is 1. The van der Waals surface area contributed by atoms with Crippen molar-refractivity contribution in [3.63, 3.8) is 0 Å². The van der Waals surface area contributed by atoms with E-state index >= 15 is 0 Å². The van der Waals surface area contributed by atoms with Crippen molar-refractivity contribution in [3.05, 3.63) is 58.3 Å². The molecule has 1 heterocycles. The fourth-order valence-electron chi connectivity index (χ4n) is 1.59. The fraction of sp³-hybridized carbons (Fsp3) is 0.0714. The summed E-state index contributed by atoms with van der Waals surface area (Å²) in [4.78, 5) is 21.4. The fourth-order valence-corrected chi connectivity index (χ4v) is 1.59. The lowest BCUT2D eigenvalue weighted by molar-refractivity contribution is -0.402. The summed E-state index contributed by atoms with van der Waals surface area (Å²) in [5.41, 5.74) is 0.367. The number of hydrogen-bond acceptors (Lipinski definition) is 5. The van der Waals surface area contributed by atoms with Crippen LogP contribution < -0.4 is 10.1 Å². The van der Waals surface area contributed by atoms with Crippen LogP contribution in [0.4, 0.5) is 20.4 Å². The van der Waals surface area contributed by atoms with Gasteiger partial charge < -0.3 is 14.5 Å². The van der Waals surface area contributed by atoms with E-state index in [-0.39, 0.29) is 11.5 Å². The van der Waals surface area contributed by atoms with Gasteiger partial charge in [0.25, 0.3) is 0 Å². The second kappa shape index (κ2) is 7.16. The van der Waals surface area contributed by atoms with Gasteiger partial charge in [-0.05, 0) is 36.4 Å². The van der Waals surface area contributed by atoms with Crippen molar-refractivity contribution in [1.29, 1.82) is 0 Å². The van der Waals surface area contributed by atoms with Crippen LogP contribution in [0.5, 0.6) is 5.75 Å². The summed E-state index contributed by atoms with van der Waals surface area (Å²) in [5, 5.41) is 12.9. The van der Waals surface area contributed by atoms with E-state index in [0.29, 0.717) is 5.69 Å². The minimum absolute atomic E-state index is 0.0311. The summed E-state index contributed by atoms with van der Waals surface area (Å²) in [6.07, 6.45) is 2.38. The molecule has 0 aliphatic rings. The molecular weight excluding hydrogens is 314 g/mol. The molecular formula is C14H10F2N2O5. The number of carbonyl (C=O) groups excluding carboxylic acids is 1. The number of carbonyl (C=O) groups is 1. The molecule has 0 radical (unpaired) electrons. The first-order valence-electron chi connectivity index (χ1n) is 6.22. The second-order valence-corrected chi connectivity index (χ2v) is 4.16. The molecule has 2 rings (SSSR count). The average molecular weight is 324 g/mol. The zero-order valence-electron chi connectivity index (χ0n) is 11.4. The number of nitro groups is 1. The van der Waals surface area contributed by atoms with Gasteiger partial charge in [-0.15, -0.1) is 0 Å². The van der Waals surface area contributed by atoms with Crippen LogP contribution in [0.3, 0.4) is 0 Å². The first-order chi connectivity index (χ1) is 10.9. The number of hydrogen-bond donors (Lipinski definition) is 1. The third-order valence-corrected chi connectivity index (χ3v) is 2.54. The van der Waals surface area contributed by atoms with Gasteiger partial charge in [0, 0.05) is 11.8 Å². The molecule has 0 unspecified atom stereocenters. The number of rotatable bonds is 6. The minimum Gasteiger partial charge on any atom is -0.435 e. The Morgan fingerprint density at radius 3 is 2.52 bits per heavy atom. The van der Waals surface area contributed by atoms with E-state index in [9.17, 15) is 23.7 Å². The van der Waals surface area contributed by atoms with Crippen molar-refractivity contribution in [3.8, 4) is 5.75 Å². The summed E-state index contributed by atoms with van der Waals surface area (Å²) in [5.74, 6) is -0.838. The number of nitrogens with one attached hydrogen (secondary N) is 1. The summed E-state index contributed by atoms with van der Waals surface area (Å²) < 4.78 is 33.0. The van der Waals surface area contributed by atoms with Crippen LogP contribution in [0.2, 0.25) is 0 Å². The molecule has 9 heteroatoms. The quantitative estimate of drug-likeness (QED) is 0.499. The van der Waals surface area contributed by atoms with E-state index in [1.165, 1.54) is 42.5 Å². The molecule has 0 spiro atoms. The van der Waals surface area contributed by atoms with Gasteiger partial charge in [0.2, 0.25) is 5.91 Å². The Bertz CT molecular complexity index is 725. The molecule has 23 heavy (non-hydrogen) atoms. The van der Waals surface area contributed by atoms with Gasteiger partial charge in [-0.1, -0.05) is 0 Å². The average Bonchev–Trinajstić information content (AvgIpc) is 2.96. The monoisotopic (exact) mass is 324 g/mol.